The number of hydrogen-bond donors (Lipinski definition) is 2. The Morgan fingerprint density at radius 1 is 1.22 bits per heavy atom. The SMILES string of the molecule is O=C1Cc2cc(-c3csc(Nc4ccccc4Cl)n3)ccc2N1. The number of halogens is 1. The van der Waals surface area contributed by atoms with E-state index in [-0.39, 0.29) is 5.91 Å². The van der Waals surface area contributed by atoms with E-state index in [2.05, 4.69) is 15.6 Å². The van der Waals surface area contributed by atoms with Crippen LogP contribution in [0.25, 0.3) is 11.3 Å². The zero-order valence-corrected chi connectivity index (χ0v) is 13.5. The van der Waals surface area contributed by atoms with Gasteiger partial charge in [-0.1, -0.05) is 29.8 Å². The van der Waals surface area contributed by atoms with Crippen molar-refractivity contribution in [2.45, 2.75) is 6.42 Å². The van der Waals surface area contributed by atoms with Crippen LogP contribution in [0.5, 0.6) is 0 Å². The standard InChI is InChI=1S/C17H12ClN3OS/c18-12-3-1-2-4-14(12)20-17-21-15(9-23-17)10-5-6-13-11(7-10)8-16(22)19-13/h1-7,9H,8H2,(H,19,22)(H,20,21). The Labute approximate surface area is 142 Å². The Balaban J connectivity index is 1.60. The molecule has 3 aromatic rings. The van der Waals surface area contributed by atoms with Gasteiger partial charge in [0.2, 0.25) is 5.91 Å². The van der Waals surface area contributed by atoms with E-state index in [1.807, 2.05) is 47.8 Å². The quantitative estimate of drug-likeness (QED) is 0.726. The fraction of sp³-hybridized carbons (Fsp3) is 0.0588. The molecule has 0 atom stereocenters. The number of carbonyl (C=O) groups excluding carboxylic acids is 1. The molecule has 1 aliphatic rings. The molecule has 1 aliphatic heterocycles. The van der Waals surface area contributed by atoms with Gasteiger partial charge >= 0.3 is 0 Å². The second-order valence-corrected chi connectivity index (χ2v) is 6.50. The first kappa shape index (κ1) is 14.2. The number of nitrogens with one attached hydrogen (secondary N) is 2. The van der Waals surface area contributed by atoms with Gasteiger partial charge in [-0.05, 0) is 29.8 Å². The average molecular weight is 342 g/mol. The predicted molar refractivity (Wildman–Crippen MR) is 94.6 cm³/mol. The molecule has 0 spiro atoms. The first-order chi connectivity index (χ1) is 11.2. The molecule has 6 heteroatoms. The number of benzene rings is 2. The molecule has 0 unspecified atom stereocenters. The van der Waals surface area contributed by atoms with Crippen molar-refractivity contribution in [1.29, 1.82) is 0 Å². The van der Waals surface area contributed by atoms with Crippen molar-refractivity contribution in [2.24, 2.45) is 0 Å². The lowest BCUT2D eigenvalue weighted by Crippen LogP contribution is -2.03. The molecule has 114 valence electrons. The average Bonchev–Trinajstić information content (AvgIpc) is 3.14. The zero-order chi connectivity index (χ0) is 15.8. The number of fused-ring (bicyclic) bond motifs is 1. The van der Waals surface area contributed by atoms with Crippen LogP contribution < -0.4 is 10.6 Å². The zero-order valence-electron chi connectivity index (χ0n) is 12.0. The molecular formula is C17H12ClN3OS. The van der Waals surface area contributed by atoms with Crippen LogP contribution in [0.4, 0.5) is 16.5 Å². The van der Waals surface area contributed by atoms with Gasteiger partial charge in [-0.15, -0.1) is 11.3 Å². The minimum atomic E-state index is 0.0384. The fourth-order valence-electron chi connectivity index (χ4n) is 2.53. The maximum Gasteiger partial charge on any atom is 0.228 e. The highest BCUT2D eigenvalue weighted by molar-refractivity contribution is 7.14. The number of anilines is 3. The molecule has 1 amide bonds. The maximum atomic E-state index is 11.4. The molecule has 0 aliphatic carbocycles. The maximum absolute atomic E-state index is 11.4. The summed E-state index contributed by atoms with van der Waals surface area (Å²) in [5.41, 5.74) is 4.62. The third kappa shape index (κ3) is 2.81. The minimum absolute atomic E-state index is 0.0384. The van der Waals surface area contributed by atoms with Crippen molar-refractivity contribution in [3.05, 3.63) is 58.4 Å². The Morgan fingerprint density at radius 2 is 2.09 bits per heavy atom. The van der Waals surface area contributed by atoms with E-state index >= 15 is 0 Å². The lowest BCUT2D eigenvalue weighted by Gasteiger charge is -2.04. The molecule has 0 bridgehead atoms. The second kappa shape index (κ2) is 5.68. The third-order valence-electron chi connectivity index (χ3n) is 3.65. The number of thiazole rings is 1. The summed E-state index contributed by atoms with van der Waals surface area (Å²) in [5, 5.41) is 9.50. The van der Waals surface area contributed by atoms with Gasteiger partial charge < -0.3 is 10.6 Å². The lowest BCUT2D eigenvalue weighted by molar-refractivity contribution is -0.115. The predicted octanol–water partition coefficient (Wildman–Crippen LogP) is 4.70. The van der Waals surface area contributed by atoms with E-state index in [1.165, 1.54) is 11.3 Å². The summed E-state index contributed by atoms with van der Waals surface area (Å²) in [6, 6.07) is 13.5. The van der Waals surface area contributed by atoms with Gasteiger partial charge in [-0.2, -0.15) is 0 Å². The molecule has 2 aromatic carbocycles. The summed E-state index contributed by atoms with van der Waals surface area (Å²) in [5.74, 6) is 0.0384. The Morgan fingerprint density at radius 3 is 2.96 bits per heavy atom. The van der Waals surface area contributed by atoms with Crippen LogP contribution >= 0.6 is 22.9 Å². The van der Waals surface area contributed by atoms with Gasteiger partial charge in [-0.25, -0.2) is 4.98 Å². The number of aromatic nitrogens is 1. The Hall–Kier alpha value is -2.37. The minimum Gasteiger partial charge on any atom is -0.330 e. The van der Waals surface area contributed by atoms with Crippen molar-refractivity contribution < 1.29 is 4.79 Å². The van der Waals surface area contributed by atoms with Crippen LogP contribution in [0.1, 0.15) is 5.56 Å². The van der Waals surface area contributed by atoms with Crippen LogP contribution in [0.3, 0.4) is 0 Å². The smallest absolute Gasteiger partial charge is 0.228 e. The highest BCUT2D eigenvalue weighted by atomic mass is 35.5. The van der Waals surface area contributed by atoms with Crippen LogP contribution in [-0.4, -0.2) is 10.9 Å². The van der Waals surface area contributed by atoms with Crippen molar-refractivity contribution in [2.75, 3.05) is 10.6 Å². The van der Waals surface area contributed by atoms with Gasteiger partial charge in [0.25, 0.3) is 0 Å². The van der Waals surface area contributed by atoms with Crippen molar-refractivity contribution in [3.63, 3.8) is 0 Å². The molecule has 2 heterocycles. The van der Waals surface area contributed by atoms with E-state index in [0.717, 1.165) is 33.3 Å². The number of amides is 1. The van der Waals surface area contributed by atoms with Crippen LogP contribution in [0, 0.1) is 0 Å². The van der Waals surface area contributed by atoms with E-state index < -0.39 is 0 Å². The highest BCUT2D eigenvalue weighted by Gasteiger charge is 2.18. The van der Waals surface area contributed by atoms with Crippen LogP contribution in [-0.2, 0) is 11.2 Å². The summed E-state index contributed by atoms with van der Waals surface area (Å²) in [7, 11) is 0. The van der Waals surface area contributed by atoms with Crippen molar-refractivity contribution in [1.82, 2.24) is 4.98 Å². The Kier molecular flexibility index (Phi) is 3.52. The monoisotopic (exact) mass is 341 g/mol. The van der Waals surface area contributed by atoms with Gasteiger partial charge in [0.05, 0.1) is 22.8 Å². The third-order valence-corrected chi connectivity index (χ3v) is 4.73. The summed E-state index contributed by atoms with van der Waals surface area (Å²) in [4.78, 5) is 16.0. The van der Waals surface area contributed by atoms with E-state index in [9.17, 15) is 4.79 Å². The molecule has 1 aromatic heterocycles. The molecule has 0 radical (unpaired) electrons. The molecule has 0 fully saturated rings. The van der Waals surface area contributed by atoms with E-state index in [1.54, 1.807) is 0 Å². The van der Waals surface area contributed by atoms with Gasteiger partial charge in [-0.3, -0.25) is 4.79 Å². The first-order valence-corrected chi connectivity index (χ1v) is 8.35. The van der Waals surface area contributed by atoms with E-state index in [4.69, 9.17) is 11.6 Å². The van der Waals surface area contributed by atoms with Gasteiger partial charge in [0.1, 0.15) is 0 Å². The van der Waals surface area contributed by atoms with Crippen LogP contribution in [0.2, 0.25) is 5.02 Å². The summed E-state index contributed by atoms with van der Waals surface area (Å²) < 4.78 is 0. The summed E-state index contributed by atoms with van der Waals surface area (Å²) in [6.07, 6.45) is 0.429. The van der Waals surface area contributed by atoms with Crippen molar-refractivity contribution in [3.8, 4) is 11.3 Å². The fourth-order valence-corrected chi connectivity index (χ4v) is 3.45. The molecule has 0 saturated carbocycles. The van der Waals surface area contributed by atoms with Crippen molar-refractivity contribution >= 4 is 45.4 Å². The number of para-hydroxylation sites is 1. The topological polar surface area (TPSA) is 54.0 Å². The molecule has 0 saturated heterocycles. The van der Waals surface area contributed by atoms with Gasteiger partial charge in [0, 0.05) is 16.6 Å². The largest absolute Gasteiger partial charge is 0.330 e. The molecule has 4 rings (SSSR count). The molecule has 4 nitrogen and oxygen atoms in total. The molecular weight excluding hydrogens is 330 g/mol. The van der Waals surface area contributed by atoms with E-state index in [0.29, 0.717) is 11.4 Å². The summed E-state index contributed by atoms with van der Waals surface area (Å²) in [6.45, 7) is 0. The van der Waals surface area contributed by atoms with Crippen LogP contribution in [0.15, 0.2) is 47.8 Å². The second-order valence-electron chi connectivity index (χ2n) is 5.24. The van der Waals surface area contributed by atoms with Gasteiger partial charge in [0.15, 0.2) is 5.13 Å². The lowest BCUT2D eigenvalue weighted by atomic mass is 10.1. The molecule has 23 heavy (non-hydrogen) atoms. The molecule has 2 N–H and O–H groups in total. The first-order valence-electron chi connectivity index (χ1n) is 7.09. The highest BCUT2D eigenvalue weighted by Crippen LogP contribution is 2.32. The number of carbonyl (C=O) groups is 1. The normalized spacial score (nSPS) is 12.8. The number of hydrogen-bond acceptors (Lipinski definition) is 4. The Bertz CT molecular complexity index is 906. The number of nitrogens with zero attached hydrogens (tertiary/aromatic N) is 1. The number of rotatable bonds is 3. The summed E-state index contributed by atoms with van der Waals surface area (Å²) >= 11 is 7.67.